The Bertz CT molecular complexity index is 1690. The zero-order valence-electron chi connectivity index (χ0n) is 19.3. The molecule has 0 aliphatic heterocycles. The highest BCUT2D eigenvalue weighted by Gasteiger charge is 2.14. The molecule has 37 heavy (non-hydrogen) atoms. The Labute approximate surface area is 213 Å². The van der Waals surface area contributed by atoms with Gasteiger partial charge < -0.3 is 4.57 Å². The van der Waals surface area contributed by atoms with Gasteiger partial charge in [-0.1, -0.05) is 24.3 Å². The van der Waals surface area contributed by atoms with Gasteiger partial charge >= 0.3 is 0 Å². The fraction of sp³-hybridized carbons (Fsp3) is 0.0385. The summed E-state index contributed by atoms with van der Waals surface area (Å²) < 4.78 is 31.2. The Balaban J connectivity index is 1.63. The highest BCUT2D eigenvalue weighted by Crippen LogP contribution is 2.26. The monoisotopic (exact) mass is 516 g/mol. The summed E-state index contributed by atoms with van der Waals surface area (Å²) in [6, 6.07) is 16.9. The summed E-state index contributed by atoms with van der Waals surface area (Å²) in [5.41, 5.74) is 3.32. The highest BCUT2D eigenvalue weighted by atomic mass is 32.1. The van der Waals surface area contributed by atoms with Crippen LogP contribution in [0.4, 0.5) is 20.2 Å². The molecule has 2 heterocycles. The van der Waals surface area contributed by atoms with Crippen LogP contribution >= 0.6 is 11.3 Å². The van der Waals surface area contributed by atoms with Crippen LogP contribution in [-0.2, 0) is 0 Å². The minimum atomic E-state index is -0.812. The molecular formula is C26H18F2N6O2S. The molecule has 0 spiro atoms. The lowest BCUT2D eigenvalue weighted by molar-refractivity contribution is -0.384. The van der Waals surface area contributed by atoms with Gasteiger partial charge in [-0.2, -0.15) is 5.10 Å². The third kappa shape index (κ3) is 5.11. The second-order valence-corrected chi connectivity index (χ2v) is 8.77. The van der Waals surface area contributed by atoms with Crippen LogP contribution in [0.5, 0.6) is 0 Å². The van der Waals surface area contributed by atoms with E-state index in [1.54, 1.807) is 30.0 Å². The SMILES string of the molecule is CC(=Nn1c(-c2cccc([N+](=O)[O-])c2)csc1=Nc1ccc(F)cc1F)c1ccc(-n2ccnc2)cc1. The Morgan fingerprint density at radius 2 is 1.89 bits per heavy atom. The summed E-state index contributed by atoms with van der Waals surface area (Å²) >= 11 is 1.18. The minimum absolute atomic E-state index is 0.0554. The van der Waals surface area contributed by atoms with Crippen LogP contribution in [0, 0.1) is 21.7 Å². The number of thiazole rings is 1. The molecule has 3 aromatic carbocycles. The number of hydrogen-bond donors (Lipinski definition) is 0. The molecule has 5 aromatic rings. The first-order valence-corrected chi connectivity index (χ1v) is 11.9. The fourth-order valence-electron chi connectivity index (χ4n) is 3.62. The number of nitro benzene ring substituents is 1. The van der Waals surface area contributed by atoms with Crippen LogP contribution in [0.1, 0.15) is 12.5 Å². The Hall–Kier alpha value is -4.77. The van der Waals surface area contributed by atoms with Crippen molar-refractivity contribution < 1.29 is 13.7 Å². The molecule has 0 aliphatic rings. The molecular weight excluding hydrogens is 498 g/mol. The van der Waals surface area contributed by atoms with E-state index < -0.39 is 16.6 Å². The quantitative estimate of drug-likeness (QED) is 0.155. The van der Waals surface area contributed by atoms with Crippen molar-refractivity contribution in [1.82, 2.24) is 14.2 Å². The number of nitrogens with zero attached hydrogens (tertiary/aromatic N) is 6. The number of non-ortho nitro benzene ring substituents is 1. The summed E-state index contributed by atoms with van der Waals surface area (Å²) in [7, 11) is 0. The lowest BCUT2D eigenvalue weighted by Gasteiger charge is -2.08. The van der Waals surface area contributed by atoms with E-state index in [0.29, 0.717) is 21.8 Å². The molecule has 0 saturated carbocycles. The van der Waals surface area contributed by atoms with Crippen molar-refractivity contribution in [2.24, 2.45) is 10.1 Å². The lowest BCUT2D eigenvalue weighted by Crippen LogP contribution is -2.14. The zero-order chi connectivity index (χ0) is 25.9. The summed E-state index contributed by atoms with van der Waals surface area (Å²) in [6.45, 7) is 1.82. The lowest BCUT2D eigenvalue weighted by atomic mass is 10.1. The van der Waals surface area contributed by atoms with Crippen molar-refractivity contribution in [2.75, 3.05) is 0 Å². The normalized spacial score (nSPS) is 12.2. The van der Waals surface area contributed by atoms with Crippen LogP contribution < -0.4 is 4.80 Å². The van der Waals surface area contributed by atoms with Gasteiger partial charge in [0.05, 0.1) is 22.7 Å². The topological polar surface area (TPSA) is 90.6 Å². The van der Waals surface area contributed by atoms with Crippen molar-refractivity contribution >= 4 is 28.4 Å². The molecule has 8 nitrogen and oxygen atoms in total. The first-order valence-electron chi connectivity index (χ1n) is 11.0. The third-order valence-corrected chi connectivity index (χ3v) is 6.32. The van der Waals surface area contributed by atoms with E-state index in [0.717, 1.165) is 23.4 Å². The van der Waals surface area contributed by atoms with Gasteiger partial charge in [-0.05, 0) is 36.8 Å². The summed E-state index contributed by atoms with van der Waals surface area (Å²) in [6.07, 6.45) is 5.23. The van der Waals surface area contributed by atoms with E-state index in [1.807, 2.05) is 42.0 Å². The molecule has 0 unspecified atom stereocenters. The number of halogens is 2. The Morgan fingerprint density at radius 1 is 1.08 bits per heavy atom. The zero-order valence-corrected chi connectivity index (χ0v) is 20.1. The fourth-order valence-corrected chi connectivity index (χ4v) is 4.46. The van der Waals surface area contributed by atoms with E-state index >= 15 is 0 Å². The molecule has 2 aromatic heterocycles. The van der Waals surface area contributed by atoms with Crippen molar-refractivity contribution in [3.8, 4) is 16.9 Å². The third-order valence-electron chi connectivity index (χ3n) is 5.50. The average Bonchev–Trinajstić information content (AvgIpc) is 3.57. The number of rotatable bonds is 6. The molecule has 0 atom stereocenters. The molecule has 0 aliphatic carbocycles. The van der Waals surface area contributed by atoms with Gasteiger partial charge in [-0.25, -0.2) is 23.4 Å². The van der Waals surface area contributed by atoms with Gasteiger partial charge in [-0.15, -0.1) is 11.3 Å². The van der Waals surface area contributed by atoms with Crippen LogP contribution in [0.25, 0.3) is 16.9 Å². The Kier molecular flexibility index (Phi) is 6.52. The van der Waals surface area contributed by atoms with Crippen molar-refractivity contribution in [1.29, 1.82) is 0 Å². The Morgan fingerprint density at radius 3 is 2.59 bits per heavy atom. The number of benzene rings is 3. The van der Waals surface area contributed by atoms with E-state index in [1.165, 1.54) is 34.2 Å². The van der Waals surface area contributed by atoms with Crippen LogP contribution in [0.3, 0.4) is 0 Å². The molecule has 0 radical (unpaired) electrons. The van der Waals surface area contributed by atoms with Crippen LogP contribution in [-0.4, -0.2) is 24.9 Å². The maximum Gasteiger partial charge on any atom is 0.270 e. The van der Waals surface area contributed by atoms with Gasteiger partial charge in [0.2, 0.25) is 4.80 Å². The number of aromatic nitrogens is 3. The molecule has 0 amide bonds. The van der Waals surface area contributed by atoms with Gasteiger partial charge in [0.15, 0.2) is 5.82 Å². The van der Waals surface area contributed by atoms with Crippen LogP contribution in [0.2, 0.25) is 0 Å². The second kappa shape index (κ2) is 10.1. The predicted octanol–water partition coefficient (Wildman–Crippen LogP) is 6.09. The van der Waals surface area contributed by atoms with E-state index in [2.05, 4.69) is 9.98 Å². The maximum absolute atomic E-state index is 14.4. The largest absolute Gasteiger partial charge is 0.306 e. The van der Waals surface area contributed by atoms with Crippen molar-refractivity contribution in [3.63, 3.8) is 0 Å². The average molecular weight is 517 g/mol. The van der Waals surface area contributed by atoms with E-state index in [4.69, 9.17) is 5.10 Å². The van der Waals surface area contributed by atoms with E-state index in [9.17, 15) is 18.9 Å². The second-order valence-electron chi connectivity index (χ2n) is 7.93. The molecule has 184 valence electrons. The van der Waals surface area contributed by atoms with E-state index in [-0.39, 0.29) is 11.4 Å². The molecule has 0 bridgehead atoms. The van der Waals surface area contributed by atoms with Crippen LogP contribution in [0.15, 0.2) is 101 Å². The number of imidazole rings is 1. The summed E-state index contributed by atoms with van der Waals surface area (Å²) in [5, 5.41) is 17.8. The molecule has 0 N–H and O–H groups in total. The summed E-state index contributed by atoms with van der Waals surface area (Å²) in [5.74, 6) is -1.52. The molecule has 0 fully saturated rings. The highest BCUT2D eigenvalue weighted by molar-refractivity contribution is 7.07. The van der Waals surface area contributed by atoms with Gasteiger partial charge in [-0.3, -0.25) is 10.1 Å². The smallest absolute Gasteiger partial charge is 0.270 e. The maximum atomic E-state index is 14.4. The molecule has 5 rings (SSSR count). The molecule has 0 saturated heterocycles. The van der Waals surface area contributed by atoms with Gasteiger partial charge in [0.1, 0.15) is 11.5 Å². The minimum Gasteiger partial charge on any atom is -0.306 e. The predicted molar refractivity (Wildman–Crippen MR) is 137 cm³/mol. The van der Waals surface area contributed by atoms with Gasteiger partial charge in [0.25, 0.3) is 5.69 Å². The van der Waals surface area contributed by atoms with Crippen molar-refractivity contribution in [2.45, 2.75) is 6.92 Å². The number of nitro groups is 1. The first-order chi connectivity index (χ1) is 17.9. The first kappa shape index (κ1) is 23.9. The summed E-state index contributed by atoms with van der Waals surface area (Å²) in [4.78, 5) is 19.6. The number of hydrogen-bond acceptors (Lipinski definition) is 6. The standard InChI is InChI=1S/C26H18F2N6O2S/c1-17(18-5-8-21(9-6-18)32-12-11-29-16-32)31-33-25(19-3-2-4-22(13-19)34(35)36)15-37-26(33)30-24-10-7-20(27)14-23(24)28/h2-16H,1H3. The van der Waals surface area contributed by atoms with Crippen molar-refractivity contribution in [3.05, 3.63) is 123 Å². The molecule has 11 heteroatoms. The van der Waals surface area contributed by atoms with Gasteiger partial charge in [0, 0.05) is 47.2 Å².